The molecule has 2 aromatic carbocycles. The number of unbranched alkanes of at least 4 members (excludes halogenated alkanes) is 1. The van der Waals surface area contributed by atoms with Gasteiger partial charge in [-0.05, 0) is 36.2 Å². The Kier molecular flexibility index (Phi) is 10.2. The molecule has 1 aromatic heterocycles. The van der Waals surface area contributed by atoms with E-state index in [1.165, 1.54) is 30.0 Å². The zero-order chi connectivity index (χ0) is 29.5. The molecule has 0 aliphatic carbocycles. The van der Waals surface area contributed by atoms with Crippen LogP contribution in [0.25, 0.3) is 0 Å². The van der Waals surface area contributed by atoms with Gasteiger partial charge >= 0.3 is 21.5 Å². The first kappa shape index (κ1) is 31.0. The summed E-state index contributed by atoms with van der Waals surface area (Å²) < 4.78 is 69.6. The van der Waals surface area contributed by atoms with Crippen molar-refractivity contribution >= 4 is 44.9 Å². The van der Waals surface area contributed by atoms with Gasteiger partial charge in [0.1, 0.15) is 5.82 Å². The number of sulfonamides is 1. The number of methoxy groups -OCH3 is 1. The quantitative estimate of drug-likeness (QED) is 0.263. The number of para-hydroxylation sites is 1. The van der Waals surface area contributed by atoms with Crippen LogP contribution in [0.4, 0.5) is 24.5 Å². The van der Waals surface area contributed by atoms with Crippen molar-refractivity contribution < 1.29 is 35.9 Å². The van der Waals surface area contributed by atoms with Crippen LogP contribution in [0.1, 0.15) is 53.6 Å². The van der Waals surface area contributed by atoms with Crippen LogP contribution < -0.4 is 10.0 Å². The van der Waals surface area contributed by atoms with Crippen LogP contribution in [-0.4, -0.2) is 42.5 Å². The maximum absolute atomic E-state index is 12.8. The number of anilines is 2. The average molecular weight is 601 g/mol. The van der Waals surface area contributed by atoms with Crippen molar-refractivity contribution in [2.75, 3.05) is 17.1 Å². The summed E-state index contributed by atoms with van der Waals surface area (Å²) >= 11 is 6.40. The highest BCUT2D eigenvalue weighted by Crippen LogP contribution is 2.28. The number of aryl methyl sites for hydroxylation is 1. The molecular formula is C26H28ClF3N4O5S. The van der Waals surface area contributed by atoms with E-state index < -0.39 is 27.1 Å². The molecule has 3 aromatic rings. The molecule has 0 radical (unpaired) electrons. The molecule has 1 amide bonds. The van der Waals surface area contributed by atoms with E-state index in [4.69, 9.17) is 16.3 Å². The Balaban J connectivity index is 1.78. The molecular weight excluding hydrogens is 573 g/mol. The number of carbonyl (C=O) groups is 2. The summed E-state index contributed by atoms with van der Waals surface area (Å²) in [6, 6.07) is 11.7. The molecule has 0 bridgehead atoms. The van der Waals surface area contributed by atoms with Gasteiger partial charge in [0.15, 0.2) is 5.15 Å². The fraction of sp³-hybridized carbons (Fsp3) is 0.346. The number of benzene rings is 2. The second-order valence-corrected chi connectivity index (χ2v) is 10.8. The van der Waals surface area contributed by atoms with Crippen LogP contribution in [0.15, 0.2) is 48.5 Å². The molecule has 0 fully saturated rings. The summed E-state index contributed by atoms with van der Waals surface area (Å²) in [6.45, 7) is 2.45. The highest BCUT2D eigenvalue weighted by atomic mass is 35.5. The number of ether oxygens (including phenoxy) is 1. The van der Waals surface area contributed by atoms with Gasteiger partial charge in [-0.1, -0.05) is 49.2 Å². The number of carbonyl (C=O) groups excluding carboxylic acids is 2. The predicted molar refractivity (Wildman–Crippen MR) is 145 cm³/mol. The van der Waals surface area contributed by atoms with Crippen molar-refractivity contribution in [2.45, 2.75) is 51.1 Å². The van der Waals surface area contributed by atoms with Crippen LogP contribution in [0, 0.1) is 0 Å². The minimum Gasteiger partial charge on any atom is -0.469 e. The van der Waals surface area contributed by atoms with Gasteiger partial charge in [0.2, 0.25) is 0 Å². The number of nitrogens with zero attached hydrogens (tertiary/aromatic N) is 2. The van der Waals surface area contributed by atoms with E-state index in [1.54, 1.807) is 24.3 Å². The van der Waals surface area contributed by atoms with E-state index in [2.05, 4.69) is 17.2 Å². The normalized spacial score (nSPS) is 11.8. The highest BCUT2D eigenvalue weighted by molar-refractivity contribution is 7.93. The van der Waals surface area contributed by atoms with Crippen molar-refractivity contribution in [2.24, 2.45) is 0 Å². The predicted octanol–water partition coefficient (Wildman–Crippen LogP) is 5.55. The van der Waals surface area contributed by atoms with E-state index in [-0.39, 0.29) is 18.0 Å². The van der Waals surface area contributed by atoms with E-state index in [0.29, 0.717) is 35.9 Å². The first-order chi connectivity index (χ1) is 18.9. The van der Waals surface area contributed by atoms with Crippen LogP contribution in [0.3, 0.4) is 0 Å². The third kappa shape index (κ3) is 7.75. The molecule has 216 valence electrons. The minimum absolute atomic E-state index is 0.140. The van der Waals surface area contributed by atoms with Crippen LogP contribution in [0.2, 0.25) is 5.15 Å². The molecule has 1 heterocycles. The fourth-order valence-electron chi connectivity index (χ4n) is 3.83. The van der Waals surface area contributed by atoms with Gasteiger partial charge in [0, 0.05) is 25.1 Å². The molecule has 2 N–H and O–H groups in total. The lowest BCUT2D eigenvalue weighted by atomic mass is 10.1. The van der Waals surface area contributed by atoms with E-state index in [1.807, 2.05) is 4.57 Å². The fourth-order valence-corrected chi connectivity index (χ4v) is 4.70. The molecule has 0 saturated heterocycles. The van der Waals surface area contributed by atoms with Crippen molar-refractivity contribution in [3.8, 4) is 0 Å². The molecule has 0 atom stereocenters. The maximum atomic E-state index is 12.8. The highest BCUT2D eigenvalue weighted by Gasteiger charge is 2.46. The maximum Gasteiger partial charge on any atom is 0.516 e. The molecule has 40 heavy (non-hydrogen) atoms. The van der Waals surface area contributed by atoms with Crippen molar-refractivity contribution in [3.05, 3.63) is 76.3 Å². The Hall–Kier alpha value is -3.58. The van der Waals surface area contributed by atoms with Crippen LogP contribution in [-0.2, 0) is 38.9 Å². The Morgan fingerprint density at radius 2 is 1.75 bits per heavy atom. The number of nitrogens with one attached hydrogen (secondary N) is 2. The Morgan fingerprint density at radius 3 is 2.38 bits per heavy atom. The van der Waals surface area contributed by atoms with E-state index in [0.717, 1.165) is 30.3 Å². The average Bonchev–Trinajstić information content (AvgIpc) is 3.19. The summed E-state index contributed by atoms with van der Waals surface area (Å²) in [5, 5.41) is 2.88. The summed E-state index contributed by atoms with van der Waals surface area (Å²) in [5.74, 6) is -0.393. The summed E-state index contributed by atoms with van der Waals surface area (Å²) in [7, 11) is -4.40. The topological polar surface area (TPSA) is 119 Å². The lowest BCUT2D eigenvalue weighted by Gasteiger charge is -2.15. The summed E-state index contributed by atoms with van der Waals surface area (Å²) in [5.41, 5.74) is -4.46. The van der Waals surface area contributed by atoms with Gasteiger partial charge in [-0.3, -0.25) is 14.3 Å². The zero-order valence-corrected chi connectivity index (χ0v) is 23.3. The summed E-state index contributed by atoms with van der Waals surface area (Å²) in [4.78, 5) is 29.0. The number of esters is 1. The van der Waals surface area contributed by atoms with Gasteiger partial charge in [-0.25, -0.2) is 4.98 Å². The molecule has 0 aliphatic heterocycles. The number of hydrogen-bond donors (Lipinski definition) is 2. The molecule has 9 nitrogen and oxygen atoms in total. The molecule has 0 spiro atoms. The first-order valence-electron chi connectivity index (χ1n) is 12.2. The Morgan fingerprint density at radius 1 is 1.07 bits per heavy atom. The third-order valence-corrected chi connectivity index (χ3v) is 7.32. The SMILES string of the molecule is CCCCc1nc(Cl)c(CCC(=O)OC)n1Cc1ccc(NC(=O)c2ccccc2NS(=O)(=O)C(F)(F)F)cc1. The Bertz CT molecular complexity index is 1460. The first-order valence-corrected chi connectivity index (χ1v) is 14.1. The number of imidazole rings is 1. The smallest absolute Gasteiger partial charge is 0.469 e. The van der Waals surface area contributed by atoms with Crippen LogP contribution >= 0.6 is 11.6 Å². The van der Waals surface area contributed by atoms with E-state index >= 15 is 0 Å². The standard InChI is InChI=1S/C26H28ClF3N4O5S/c1-3-4-9-22-32-24(27)21(14-15-23(35)39-2)34(22)16-17-10-12-18(13-11-17)31-25(36)19-7-5-6-8-20(19)33-40(37,38)26(28,29)30/h5-8,10-13,33H,3-4,9,14-16H2,1-2H3,(H,31,36). The molecule has 3 rings (SSSR count). The van der Waals surface area contributed by atoms with Crippen molar-refractivity contribution in [1.82, 2.24) is 9.55 Å². The van der Waals surface area contributed by atoms with Crippen LogP contribution in [0.5, 0.6) is 0 Å². The van der Waals surface area contributed by atoms with Gasteiger partial charge in [0.25, 0.3) is 5.91 Å². The van der Waals surface area contributed by atoms with Crippen molar-refractivity contribution in [3.63, 3.8) is 0 Å². The molecule has 0 aliphatic rings. The number of hydrogen-bond acceptors (Lipinski definition) is 6. The summed E-state index contributed by atoms with van der Waals surface area (Å²) in [6.07, 6.45) is 3.03. The second kappa shape index (κ2) is 13.2. The number of halogens is 4. The second-order valence-electron chi connectivity index (χ2n) is 8.78. The van der Waals surface area contributed by atoms with Gasteiger partial charge in [0.05, 0.1) is 30.5 Å². The zero-order valence-electron chi connectivity index (χ0n) is 21.7. The number of aromatic nitrogens is 2. The largest absolute Gasteiger partial charge is 0.516 e. The molecule has 0 unspecified atom stereocenters. The minimum atomic E-state index is -5.71. The van der Waals surface area contributed by atoms with Crippen molar-refractivity contribution in [1.29, 1.82) is 0 Å². The van der Waals surface area contributed by atoms with Gasteiger partial charge < -0.3 is 14.6 Å². The van der Waals surface area contributed by atoms with Gasteiger partial charge in [-0.2, -0.15) is 21.6 Å². The lowest BCUT2D eigenvalue weighted by molar-refractivity contribution is -0.140. The number of amides is 1. The number of alkyl halides is 3. The lowest BCUT2D eigenvalue weighted by Crippen LogP contribution is -2.30. The van der Waals surface area contributed by atoms with E-state index in [9.17, 15) is 31.2 Å². The number of rotatable bonds is 12. The Labute approximate surface area is 234 Å². The molecule has 0 saturated carbocycles. The monoisotopic (exact) mass is 600 g/mol. The molecule has 14 heteroatoms. The van der Waals surface area contributed by atoms with Gasteiger partial charge in [-0.15, -0.1) is 0 Å². The third-order valence-electron chi connectivity index (χ3n) is 5.92.